The highest BCUT2D eigenvalue weighted by molar-refractivity contribution is 9.10. The number of aliphatic hydroxyl groups is 1. The highest BCUT2D eigenvalue weighted by Crippen LogP contribution is 2.33. The molecule has 0 bridgehead atoms. The van der Waals surface area contributed by atoms with Crippen LogP contribution in [0, 0.1) is 11.8 Å². The number of hydrogen-bond donors (Lipinski definition) is 2. The van der Waals surface area contributed by atoms with Crippen LogP contribution in [0.4, 0.5) is 11.8 Å². The molecule has 30 heavy (non-hydrogen) atoms. The molecule has 1 atom stereocenters. The van der Waals surface area contributed by atoms with Crippen molar-refractivity contribution in [2.45, 2.75) is 19.4 Å². The Morgan fingerprint density at radius 2 is 2.03 bits per heavy atom. The quantitative estimate of drug-likeness (QED) is 0.574. The lowest BCUT2D eigenvalue weighted by Gasteiger charge is -2.46. The Hall–Kier alpha value is -1.12. The van der Waals surface area contributed by atoms with Crippen LogP contribution in [0.1, 0.15) is 18.4 Å². The number of anilines is 2. The maximum absolute atomic E-state index is 9.21. The van der Waals surface area contributed by atoms with Crippen molar-refractivity contribution in [1.82, 2.24) is 14.9 Å². The third-order valence-corrected chi connectivity index (χ3v) is 7.18. The zero-order chi connectivity index (χ0) is 21.1. The Balaban J connectivity index is 1.35. The largest absolute Gasteiger partial charge is 0.395 e. The number of halogens is 3. The van der Waals surface area contributed by atoms with E-state index in [0.29, 0.717) is 28.4 Å². The highest BCUT2D eigenvalue weighted by Gasteiger charge is 2.36. The molecule has 3 heterocycles. The lowest BCUT2D eigenvalue weighted by molar-refractivity contribution is 0.101. The summed E-state index contributed by atoms with van der Waals surface area (Å²) in [5.74, 6) is 2.87. The summed E-state index contributed by atoms with van der Waals surface area (Å²) < 4.78 is 0.820. The number of aliphatic hydroxyl groups excluding tert-OH is 1. The summed E-state index contributed by atoms with van der Waals surface area (Å²) in [5, 5.41) is 13.8. The third-order valence-electron chi connectivity index (χ3n) is 6.01. The molecular formula is C21H26BrCl2N5O. The van der Waals surface area contributed by atoms with Gasteiger partial charge in [0.1, 0.15) is 5.82 Å². The molecule has 0 radical (unpaired) electrons. The van der Waals surface area contributed by atoms with Gasteiger partial charge in [-0.25, -0.2) is 4.98 Å². The lowest BCUT2D eigenvalue weighted by Crippen LogP contribution is -2.54. The van der Waals surface area contributed by atoms with Crippen LogP contribution >= 0.6 is 39.1 Å². The highest BCUT2D eigenvalue weighted by atomic mass is 79.9. The summed E-state index contributed by atoms with van der Waals surface area (Å²) in [4.78, 5) is 13.9. The first kappa shape index (κ1) is 22.1. The predicted molar refractivity (Wildman–Crippen MR) is 125 cm³/mol. The Labute approximate surface area is 195 Å². The number of β-amino-alcohol motifs (C(OH)–C–C–N with tert-alkyl or cyclic N) is 1. The molecule has 0 spiro atoms. The fourth-order valence-corrected chi connectivity index (χ4v) is 5.08. The average molecular weight is 515 g/mol. The van der Waals surface area contributed by atoms with Crippen LogP contribution < -0.4 is 10.2 Å². The number of likely N-dealkylation sites (tertiary alicyclic amines) is 1. The number of aromatic nitrogens is 2. The van der Waals surface area contributed by atoms with E-state index >= 15 is 0 Å². The molecule has 6 nitrogen and oxygen atoms in total. The standard InChI is InChI=1S/C21H26BrCl2N5O/c22-18-10-26-21(27-20(18)25-9-14-3-4-17(23)8-19(14)24)29-12-16(13-29)15-2-1-5-28(11-15)6-7-30/h3-4,8,10,15-16,30H,1-2,5-7,9,11-13H2,(H,25,26,27). The summed E-state index contributed by atoms with van der Waals surface area (Å²) in [6.45, 7) is 5.76. The molecule has 4 rings (SSSR count). The van der Waals surface area contributed by atoms with Crippen molar-refractivity contribution in [3.63, 3.8) is 0 Å². The fourth-order valence-electron chi connectivity index (χ4n) is 4.27. The van der Waals surface area contributed by atoms with Crippen molar-refractivity contribution < 1.29 is 5.11 Å². The van der Waals surface area contributed by atoms with Crippen LogP contribution in [0.25, 0.3) is 0 Å². The summed E-state index contributed by atoms with van der Waals surface area (Å²) in [6.07, 6.45) is 4.29. The van der Waals surface area contributed by atoms with Gasteiger partial charge in [-0.05, 0) is 64.8 Å². The molecule has 2 aliphatic heterocycles. The number of nitrogens with zero attached hydrogens (tertiary/aromatic N) is 4. The molecule has 0 amide bonds. The Kier molecular flexibility index (Phi) is 7.36. The van der Waals surface area contributed by atoms with E-state index in [4.69, 9.17) is 28.2 Å². The van der Waals surface area contributed by atoms with Gasteiger partial charge in [0.2, 0.25) is 5.95 Å². The van der Waals surface area contributed by atoms with Crippen molar-refractivity contribution >= 4 is 50.9 Å². The molecular weight excluding hydrogens is 489 g/mol. The van der Waals surface area contributed by atoms with E-state index in [1.165, 1.54) is 12.8 Å². The summed E-state index contributed by atoms with van der Waals surface area (Å²) in [7, 11) is 0. The van der Waals surface area contributed by atoms with Gasteiger partial charge in [-0.2, -0.15) is 4.98 Å². The maximum Gasteiger partial charge on any atom is 0.227 e. The van der Waals surface area contributed by atoms with Gasteiger partial charge in [0.05, 0.1) is 11.1 Å². The lowest BCUT2D eigenvalue weighted by atomic mass is 9.81. The molecule has 2 saturated heterocycles. The molecule has 9 heteroatoms. The fraction of sp³-hybridized carbons (Fsp3) is 0.524. The van der Waals surface area contributed by atoms with Crippen molar-refractivity contribution in [3.8, 4) is 0 Å². The first-order chi connectivity index (χ1) is 14.5. The number of nitrogens with one attached hydrogen (secondary N) is 1. The monoisotopic (exact) mass is 513 g/mol. The Morgan fingerprint density at radius 1 is 1.20 bits per heavy atom. The molecule has 162 valence electrons. The van der Waals surface area contributed by atoms with E-state index in [1.807, 2.05) is 12.1 Å². The zero-order valence-corrected chi connectivity index (χ0v) is 19.8. The van der Waals surface area contributed by atoms with Gasteiger partial charge in [-0.3, -0.25) is 0 Å². The van der Waals surface area contributed by atoms with Crippen LogP contribution in [0.2, 0.25) is 10.0 Å². The topological polar surface area (TPSA) is 64.5 Å². The van der Waals surface area contributed by atoms with E-state index in [2.05, 4.69) is 36.0 Å². The van der Waals surface area contributed by atoms with Gasteiger partial charge in [0, 0.05) is 49.0 Å². The minimum Gasteiger partial charge on any atom is -0.395 e. The second-order valence-corrected chi connectivity index (χ2v) is 9.75. The van der Waals surface area contributed by atoms with Crippen LogP contribution in [-0.2, 0) is 6.54 Å². The van der Waals surface area contributed by atoms with Crippen molar-refractivity contribution in [2.24, 2.45) is 11.8 Å². The molecule has 1 aromatic heterocycles. The third kappa shape index (κ3) is 5.19. The van der Waals surface area contributed by atoms with Crippen LogP contribution in [0.3, 0.4) is 0 Å². The molecule has 2 N–H and O–H groups in total. The number of hydrogen-bond acceptors (Lipinski definition) is 6. The summed E-state index contributed by atoms with van der Waals surface area (Å²) >= 11 is 15.8. The second-order valence-electron chi connectivity index (χ2n) is 8.05. The molecule has 0 saturated carbocycles. The minimum absolute atomic E-state index is 0.243. The van der Waals surface area contributed by atoms with Crippen LogP contribution in [0.15, 0.2) is 28.9 Å². The number of rotatable bonds is 7. The Bertz CT molecular complexity index is 878. The minimum atomic E-state index is 0.243. The summed E-state index contributed by atoms with van der Waals surface area (Å²) in [6, 6.07) is 5.49. The average Bonchev–Trinajstić information content (AvgIpc) is 2.69. The predicted octanol–water partition coefficient (Wildman–Crippen LogP) is 4.30. The number of benzene rings is 1. The van der Waals surface area contributed by atoms with Crippen molar-refractivity contribution in [2.75, 3.05) is 49.5 Å². The van der Waals surface area contributed by atoms with E-state index < -0.39 is 0 Å². The van der Waals surface area contributed by atoms with Gasteiger partial charge in [-0.1, -0.05) is 29.3 Å². The van der Waals surface area contributed by atoms with E-state index in [0.717, 1.165) is 54.5 Å². The van der Waals surface area contributed by atoms with Gasteiger partial charge in [0.15, 0.2) is 0 Å². The van der Waals surface area contributed by atoms with E-state index in [-0.39, 0.29) is 6.61 Å². The van der Waals surface area contributed by atoms with Gasteiger partial charge in [-0.15, -0.1) is 0 Å². The number of piperidine rings is 1. The zero-order valence-electron chi connectivity index (χ0n) is 16.7. The maximum atomic E-state index is 9.21. The smallest absolute Gasteiger partial charge is 0.227 e. The second kappa shape index (κ2) is 10.0. The van der Waals surface area contributed by atoms with E-state index in [1.54, 1.807) is 12.3 Å². The molecule has 2 fully saturated rings. The van der Waals surface area contributed by atoms with Gasteiger partial charge < -0.3 is 20.2 Å². The summed E-state index contributed by atoms with van der Waals surface area (Å²) in [5.41, 5.74) is 0.960. The first-order valence-corrected chi connectivity index (χ1v) is 11.9. The molecule has 2 aromatic rings. The van der Waals surface area contributed by atoms with Gasteiger partial charge >= 0.3 is 0 Å². The Morgan fingerprint density at radius 3 is 2.80 bits per heavy atom. The molecule has 0 aliphatic carbocycles. The first-order valence-electron chi connectivity index (χ1n) is 10.3. The van der Waals surface area contributed by atoms with Crippen molar-refractivity contribution in [1.29, 1.82) is 0 Å². The normalized spacial score (nSPS) is 20.3. The molecule has 1 unspecified atom stereocenters. The van der Waals surface area contributed by atoms with Gasteiger partial charge in [0.25, 0.3) is 0 Å². The van der Waals surface area contributed by atoms with Crippen molar-refractivity contribution in [3.05, 3.63) is 44.5 Å². The van der Waals surface area contributed by atoms with Crippen LogP contribution in [-0.4, -0.2) is 59.3 Å². The van der Waals surface area contributed by atoms with E-state index in [9.17, 15) is 5.11 Å². The molecule has 1 aromatic carbocycles. The van der Waals surface area contributed by atoms with Crippen LogP contribution in [0.5, 0.6) is 0 Å². The molecule has 2 aliphatic rings. The SMILES string of the molecule is OCCN1CCCC(C2CN(c3ncc(Br)c(NCc4ccc(Cl)cc4Cl)n3)C2)C1.